The van der Waals surface area contributed by atoms with Crippen molar-refractivity contribution in [3.05, 3.63) is 47.8 Å². The van der Waals surface area contributed by atoms with E-state index in [1.165, 1.54) is 6.07 Å². The van der Waals surface area contributed by atoms with Crippen LogP contribution in [0.4, 0.5) is 10.1 Å². The molecule has 1 atom stereocenters. The first-order chi connectivity index (χ1) is 14.2. The summed E-state index contributed by atoms with van der Waals surface area (Å²) in [6, 6.07) is 7.53. The first-order valence-electron chi connectivity index (χ1n) is 9.11. The number of amides is 1. The third-order valence-electron chi connectivity index (χ3n) is 4.94. The van der Waals surface area contributed by atoms with E-state index in [0.29, 0.717) is 30.4 Å². The predicted molar refractivity (Wildman–Crippen MR) is 106 cm³/mol. The lowest BCUT2D eigenvalue weighted by molar-refractivity contribution is 0.102. The van der Waals surface area contributed by atoms with Crippen LogP contribution in [0, 0.1) is 5.82 Å². The number of nitrogens with one attached hydrogen (secondary N) is 1. The Bertz CT molecular complexity index is 1230. The van der Waals surface area contributed by atoms with Crippen molar-refractivity contribution in [1.29, 1.82) is 0 Å². The summed E-state index contributed by atoms with van der Waals surface area (Å²) in [5.41, 5.74) is -0.148. The van der Waals surface area contributed by atoms with E-state index in [9.17, 15) is 26.0 Å². The smallest absolute Gasteiger partial charge is 0.258 e. The molecule has 0 spiro atoms. The Morgan fingerprint density at radius 2 is 1.80 bits per heavy atom. The van der Waals surface area contributed by atoms with Gasteiger partial charge in [0, 0.05) is 11.8 Å². The van der Waals surface area contributed by atoms with E-state index in [2.05, 4.69) is 5.32 Å². The fraction of sp³-hybridized carbons (Fsp3) is 0.316. The van der Waals surface area contributed by atoms with Gasteiger partial charge in [0.25, 0.3) is 5.91 Å². The number of ether oxygens (including phenoxy) is 2. The zero-order chi connectivity index (χ0) is 21.5. The fourth-order valence-electron chi connectivity index (χ4n) is 3.37. The summed E-state index contributed by atoms with van der Waals surface area (Å²) < 4.78 is 74.0. The van der Waals surface area contributed by atoms with E-state index in [-0.39, 0.29) is 17.1 Å². The minimum atomic E-state index is -4.03. The Morgan fingerprint density at radius 3 is 2.50 bits per heavy atom. The van der Waals surface area contributed by atoms with Crippen molar-refractivity contribution in [3.63, 3.8) is 0 Å². The highest BCUT2D eigenvalue weighted by Crippen LogP contribution is 2.33. The number of halogens is 1. The average molecular weight is 455 g/mol. The lowest BCUT2D eigenvalue weighted by Crippen LogP contribution is -2.23. The summed E-state index contributed by atoms with van der Waals surface area (Å²) in [5, 5.41) is 1.40. The molecule has 2 aromatic carbocycles. The summed E-state index contributed by atoms with van der Waals surface area (Å²) in [4.78, 5) is 12.3. The zero-order valence-electron chi connectivity index (χ0n) is 15.6. The van der Waals surface area contributed by atoms with Gasteiger partial charge in [-0.25, -0.2) is 21.2 Å². The molecule has 8 nitrogen and oxygen atoms in total. The van der Waals surface area contributed by atoms with Gasteiger partial charge in [0.15, 0.2) is 31.2 Å². The molecule has 1 saturated heterocycles. The second kappa shape index (κ2) is 7.55. The average Bonchev–Trinajstić information content (AvgIpc) is 3.08. The number of anilines is 1. The highest BCUT2D eigenvalue weighted by Gasteiger charge is 2.38. The molecule has 1 amide bonds. The van der Waals surface area contributed by atoms with Crippen molar-refractivity contribution in [1.82, 2.24) is 0 Å². The molecule has 0 bridgehead atoms. The van der Waals surface area contributed by atoms with Crippen LogP contribution in [0.25, 0.3) is 0 Å². The summed E-state index contributed by atoms with van der Waals surface area (Å²) in [5.74, 6) is -1.49. The van der Waals surface area contributed by atoms with Crippen molar-refractivity contribution in [3.8, 4) is 11.5 Å². The van der Waals surface area contributed by atoms with E-state index in [1.54, 1.807) is 12.1 Å². The number of hydrogen-bond acceptors (Lipinski definition) is 7. The van der Waals surface area contributed by atoms with Crippen molar-refractivity contribution < 1.29 is 35.5 Å². The largest absolute Gasteiger partial charge is 0.486 e. The molecule has 0 aliphatic carbocycles. The summed E-state index contributed by atoms with van der Waals surface area (Å²) in [6.45, 7) is 0.767. The minimum Gasteiger partial charge on any atom is -0.486 e. The number of rotatable bonds is 4. The third kappa shape index (κ3) is 3.99. The molecule has 11 heteroatoms. The second-order valence-corrected chi connectivity index (χ2v) is 11.5. The molecule has 0 unspecified atom stereocenters. The highest BCUT2D eigenvalue weighted by atomic mass is 32.2. The minimum absolute atomic E-state index is 0.0270. The molecule has 2 aliphatic rings. The zero-order valence-corrected chi connectivity index (χ0v) is 17.3. The first-order valence-corrected chi connectivity index (χ1v) is 12.5. The number of benzene rings is 2. The van der Waals surface area contributed by atoms with Gasteiger partial charge in [-0.2, -0.15) is 0 Å². The van der Waals surface area contributed by atoms with E-state index in [0.717, 1.165) is 18.2 Å². The molecule has 0 saturated carbocycles. The lowest BCUT2D eigenvalue weighted by Gasteiger charge is -2.19. The summed E-state index contributed by atoms with van der Waals surface area (Å²) >= 11 is 0. The topological polar surface area (TPSA) is 116 Å². The van der Waals surface area contributed by atoms with Crippen LogP contribution in [0.1, 0.15) is 16.8 Å². The van der Waals surface area contributed by atoms with Gasteiger partial charge in [0.1, 0.15) is 19.0 Å². The summed E-state index contributed by atoms with van der Waals surface area (Å²) in [7, 11) is -7.45. The molecular weight excluding hydrogens is 437 g/mol. The fourth-order valence-corrected chi connectivity index (χ4v) is 7.76. The molecule has 1 N–H and O–H groups in total. The Morgan fingerprint density at radius 1 is 1.07 bits per heavy atom. The molecule has 4 rings (SSSR count). The second-order valence-electron chi connectivity index (χ2n) is 7.02. The monoisotopic (exact) mass is 455 g/mol. The van der Waals surface area contributed by atoms with E-state index in [4.69, 9.17) is 9.47 Å². The molecule has 0 radical (unpaired) electrons. The lowest BCUT2D eigenvalue weighted by atomic mass is 10.2. The standard InChI is InChI=1S/C19H18FNO7S2/c20-16-3-2-13(30(25,26)14-5-8-29(23,24)11-14)10-15(16)19(22)21-12-1-4-17-18(9-12)28-7-6-27-17/h1-4,9-10,14H,5-8,11H2,(H,21,22)/t14-/m1/s1. The van der Waals surface area contributed by atoms with Gasteiger partial charge in [0.2, 0.25) is 0 Å². The molecule has 2 aromatic rings. The predicted octanol–water partition coefficient (Wildman–Crippen LogP) is 1.81. The maximum atomic E-state index is 14.3. The molecule has 2 heterocycles. The maximum Gasteiger partial charge on any atom is 0.258 e. The highest BCUT2D eigenvalue weighted by molar-refractivity contribution is 7.96. The van der Waals surface area contributed by atoms with Gasteiger partial charge in [-0.1, -0.05) is 0 Å². The Balaban J connectivity index is 1.59. The quantitative estimate of drug-likeness (QED) is 0.699. The van der Waals surface area contributed by atoms with Gasteiger partial charge in [0.05, 0.1) is 27.2 Å². The maximum absolute atomic E-state index is 14.3. The molecule has 30 heavy (non-hydrogen) atoms. The SMILES string of the molecule is O=C(Nc1ccc2c(c1)OCCO2)c1cc(S(=O)(=O)[C@@H]2CCS(=O)(=O)C2)ccc1F. The van der Waals surface area contributed by atoms with Crippen molar-refractivity contribution in [2.24, 2.45) is 0 Å². The third-order valence-corrected chi connectivity index (χ3v) is 9.11. The Kier molecular flexibility index (Phi) is 5.18. The van der Waals surface area contributed by atoms with Crippen molar-refractivity contribution in [2.45, 2.75) is 16.6 Å². The number of carbonyl (C=O) groups is 1. The van der Waals surface area contributed by atoms with Gasteiger partial charge in [-0.15, -0.1) is 0 Å². The molecule has 0 aromatic heterocycles. The molecule has 2 aliphatic heterocycles. The van der Waals surface area contributed by atoms with Crippen LogP contribution >= 0.6 is 0 Å². The van der Waals surface area contributed by atoms with Crippen LogP contribution < -0.4 is 14.8 Å². The van der Waals surface area contributed by atoms with E-state index >= 15 is 0 Å². The van der Waals surface area contributed by atoms with E-state index < -0.39 is 48.0 Å². The van der Waals surface area contributed by atoms with Crippen LogP contribution in [0.3, 0.4) is 0 Å². The van der Waals surface area contributed by atoms with Crippen LogP contribution in [0.2, 0.25) is 0 Å². The van der Waals surface area contributed by atoms with Gasteiger partial charge in [-0.3, -0.25) is 4.79 Å². The summed E-state index contributed by atoms with van der Waals surface area (Å²) in [6.07, 6.45) is -0.0270. The molecule has 160 valence electrons. The van der Waals surface area contributed by atoms with E-state index in [1.807, 2.05) is 0 Å². The first kappa shape index (κ1) is 20.6. The number of carbonyl (C=O) groups excluding carboxylic acids is 1. The molecular formula is C19H18FNO7S2. The number of fused-ring (bicyclic) bond motifs is 1. The van der Waals surface area contributed by atoms with Gasteiger partial charge < -0.3 is 14.8 Å². The Labute approximate surface area is 172 Å². The number of sulfone groups is 2. The van der Waals surface area contributed by atoms with Crippen LogP contribution in [0.15, 0.2) is 41.3 Å². The normalized spacial score (nSPS) is 20.0. The van der Waals surface area contributed by atoms with Crippen molar-refractivity contribution in [2.75, 3.05) is 30.0 Å². The van der Waals surface area contributed by atoms with Crippen LogP contribution in [-0.4, -0.2) is 52.7 Å². The Hall–Kier alpha value is -2.66. The molecule has 1 fully saturated rings. The van der Waals surface area contributed by atoms with Gasteiger partial charge in [-0.05, 0) is 36.8 Å². The van der Waals surface area contributed by atoms with Crippen LogP contribution in [-0.2, 0) is 19.7 Å². The number of hydrogen-bond donors (Lipinski definition) is 1. The van der Waals surface area contributed by atoms with Gasteiger partial charge >= 0.3 is 0 Å². The van der Waals surface area contributed by atoms with Crippen LogP contribution in [0.5, 0.6) is 11.5 Å². The van der Waals surface area contributed by atoms with Crippen molar-refractivity contribution >= 4 is 31.3 Å².